The lowest BCUT2D eigenvalue weighted by atomic mass is 10.0. The second-order valence-corrected chi connectivity index (χ2v) is 10.8. The van der Waals surface area contributed by atoms with Gasteiger partial charge >= 0.3 is 0 Å². The van der Waals surface area contributed by atoms with Gasteiger partial charge in [-0.25, -0.2) is 0 Å². The summed E-state index contributed by atoms with van der Waals surface area (Å²) in [7, 11) is 0. The van der Waals surface area contributed by atoms with Crippen LogP contribution in [0.3, 0.4) is 0 Å². The molecule has 0 bridgehead atoms. The Hall–Kier alpha value is -2.25. The molecule has 2 atom stereocenters. The van der Waals surface area contributed by atoms with E-state index in [1.54, 1.807) is 36.4 Å². The van der Waals surface area contributed by atoms with E-state index in [9.17, 15) is 9.59 Å². The third-order valence-electron chi connectivity index (χ3n) is 5.85. The number of halogens is 4. The largest absolute Gasteiger partial charge is 0.482 e. The molecule has 0 aliphatic rings. The minimum absolute atomic E-state index is 0.0504. The number of ether oxygens (including phenoxy) is 1. The van der Waals surface area contributed by atoms with Crippen molar-refractivity contribution in [1.82, 2.24) is 10.2 Å². The van der Waals surface area contributed by atoms with Gasteiger partial charge in [-0.3, -0.25) is 9.59 Å². The monoisotopic (exact) mass is 624 g/mol. The summed E-state index contributed by atoms with van der Waals surface area (Å²) in [6, 6.07) is 19.0. The van der Waals surface area contributed by atoms with E-state index in [0.29, 0.717) is 27.2 Å². The molecule has 0 heterocycles. The van der Waals surface area contributed by atoms with Crippen LogP contribution >= 0.6 is 50.7 Å². The molecular weight excluding hydrogens is 599 g/mol. The minimum Gasteiger partial charge on any atom is -0.482 e. The molecule has 0 aromatic heterocycles. The first-order valence-corrected chi connectivity index (χ1v) is 13.8. The molecule has 0 saturated heterocycles. The maximum atomic E-state index is 13.7. The smallest absolute Gasteiger partial charge is 0.261 e. The fourth-order valence-electron chi connectivity index (χ4n) is 3.64. The van der Waals surface area contributed by atoms with Gasteiger partial charge in [-0.2, -0.15) is 0 Å². The van der Waals surface area contributed by atoms with Crippen molar-refractivity contribution in [2.75, 3.05) is 6.61 Å². The standard InChI is InChI=1S/C28H28BrCl3N2O3/c1-3-18(2)33-28(36)25(14-19-7-5-4-6-8-19)34(16-20-9-11-22(30)23(31)13-20)27(35)17-37-26-12-10-21(29)15-24(26)32/h4-13,15,18,25H,3,14,16-17H2,1-2H3,(H,33,36)/t18-,25+/m0/s1. The van der Waals surface area contributed by atoms with Crippen LogP contribution in [-0.2, 0) is 22.6 Å². The van der Waals surface area contributed by atoms with E-state index in [1.165, 1.54) is 4.90 Å². The predicted octanol–water partition coefficient (Wildman–Crippen LogP) is 7.34. The highest BCUT2D eigenvalue weighted by molar-refractivity contribution is 9.10. The highest BCUT2D eigenvalue weighted by atomic mass is 79.9. The molecule has 9 heteroatoms. The van der Waals surface area contributed by atoms with Crippen LogP contribution in [0.5, 0.6) is 5.75 Å². The Morgan fingerprint density at radius 1 is 0.946 bits per heavy atom. The van der Waals surface area contributed by atoms with Gasteiger partial charge in [-0.15, -0.1) is 0 Å². The first-order chi connectivity index (χ1) is 17.7. The summed E-state index contributed by atoms with van der Waals surface area (Å²) in [5.74, 6) is -0.241. The van der Waals surface area contributed by atoms with Crippen molar-refractivity contribution in [1.29, 1.82) is 0 Å². The molecule has 0 fully saturated rings. The maximum absolute atomic E-state index is 13.7. The highest BCUT2D eigenvalue weighted by Crippen LogP contribution is 2.28. The van der Waals surface area contributed by atoms with Crippen LogP contribution in [0.1, 0.15) is 31.4 Å². The molecule has 5 nitrogen and oxygen atoms in total. The van der Waals surface area contributed by atoms with E-state index in [4.69, 9.17) is 39.5 Å². The maximum Gasteiger partial charge on any atom is 0.261 e. The highest BCUT2D eigenvalue weighted by Gasteiger charge is 2.31. The Balaban J connectivity index is 1.94. The van der Waals surface area contributed by atoms with E-state index in [0.717, 1.165) is 22.0 Å². The lowest BCUT2D eigenvalue weighted by molar-refractivity contribution is -0.143. The number of amides is 2. The van der Waals surface area contributed by atoms with Gasteiger partial charge in [0.2, 0.25) is 5.91 Å². The number of hydrogen-bond acceptors (Lipinski definition) is 3. The number of benzene rings is 3. The Kier molecular flexibility index (Phi) is 11.1. The van der Waals surface area contributed by atoms with E-state index in [1.807, 2.05) is 44.2 Å². The van der Waals surface area contributed by atoms with Crippen molar-refractivity contribution >= 4 is 62.5 Å². The van der Waals surface area contributed by atoms with Crippen molar-refractivity contribution in [3.8, 4) is 5.75 Å². The van der Waals surface area contributed by atoms with Crippen molar-refractivity contribution in [3.05, 3.63) is 97.4 Å². The summed E-state index contributed by atoms with van der Waals surface area (Å²) < 4.78 is 6.57. The van der Waals surface area contributed by atoms with Crippen LogP contribution in [0.25, 0.3) is 0 Å². The molecule has 3 aromatic carbocycles. The molecule has 3 aromatic rings. The van der Waals surface area contributed by atoms with Crippen LogP contribution in [-0.4, -0.2) is 35.4 Å². The number of hydrogen-bond donors (Lipinski definition) is 1. The number of carbonyl (C=O) groups is 2. The van der Waals surface area contributed by atoms with Gasteiger partial charge in [0.15, 0.2) is 6.61 Å². The molecule has 0 aliphatic heterocycles. The van der Waals surface area contributed by atoms with E-state index < -0.39 is 6.04 Å². The molecule has 0 spiro atoms. The zero-order valence-corrected chi connectivity index (χ0v) is 24.4. The van der Waals surface area contributed by atoms with Gasteiger partial charge in [0.25, 0.3) is 5.91 Å². The number of carbonyl (C=O) groups excluding carboxylic acids is 2. The second kappa shape index (κ2) is 14.1. The number of nitrogens with zero attached hydrogens (tertiary/aromatic N) is 1. The first-order valence-electron chi connectivity index (χ1n) is 11.8. The molecule has 0 radical (unpaired) electrons. The van der Waals surface area contributed by atoms with Crippen molar-refractivity contribution in [2.45, 2.75) is 45.3 Å². The van der Waals surface area contributed by atoms with Crippen molar-refractivity contribution in [3.63, 3.8) is 0 Å². The molecule has 37 heavy (non-hydrogen) atoms. The van der Waals surface area contributed by atoms with Gasteiger partial charge in [0.05, 0.1) is 15.1 Å². The van der Waals surface area contributed by atoms with Gasteiger partial charge in [-0.05, 0) is 54.8 Å². The summed E-state index contributed by atoms with van der Waals surface area (Å²) in [6.45, 7) is 3.76. The van der Waals surface area contributed by atoms with Crippen molar-refractivity contribution in [2.24, 2.45) is 0 Å². The summed E-state index contributed by atoms with van der Waals surface area (Å²) in [4.78, 5) is 28.7. The quantitative estimate of drug-likeness (QED) is 0.242. The van der Waals surface area contributed by atoms with Crippen LogP contribution in [0.2, 0.25) is 15.1 Å². The van der Waals surface area contributed by atoms with E-state index in [2.05, 4.69) is 21.2 Å². The SMILES string of the molecule is CC[C@H](C)NC(=O)[C@@H](Cc1ccccc1)N(Cc1ccc(Cl)c(Cl)c1)C(=O)COc1ccc(Br)cc1Cl. The van der Waals surface area contributed by atoms with Gasteiger partial charge < -0.3 is 15.0 Å². The van der Waals surface area contributed by atoms with E-state index in [-0.39, 0.29) is 31.0 Å². The molecule has 2 amide bonds. The normalized spacial score (nSPS) is 12.5. The molecule has 0 saturated carbocycles. The average Bonchev–Trinajstić information content (AvgIpc) is 2.88. The summed E-state index contributed by atoms with van der Waals surface area (Å²) in [5, 5.41) is 4.18. The lowest BCUT2D eigenvalue weighted by Crippen LogP contribution is -2.53. The fourth-order valence-corrected chi connectivity index (χ4v) is 4.69. The molecule has 196 valence electrons. The Bertz CT molecular complexity index is 1230. The third-order valence-corrected chi connectivity index (χ3v) is 7.38. The van der Waals surface area contributed by atoms with Crippen LogP contribution < -0.4 is 10.1 Å². The number of rotatable bonds is 11. The topological polar surface area (TPSA) is 58.6 Å². The average molecular weight is 627 g/mol. The molecule has 0 aliphatic carbocycles. The zero-order chi connectivity index (χ0) is 26.9. The van der Waals surface area contributed by atoms with Crippen molar-refractivity contribution < 1.29 is 14.3 Å². The Morgan fingerprint density at radius 2 is 1.68 bits per heavy atom. The van der Waals surface area contributed by atoms with Crippen LogP contribution in [0.4, 0.5) is 0 Å². The van der Waals surface area contributed by atoms with E-state index >= 15 is 0 Å². The van der Waals surface area contributed by atoms with Crippen LogP contribution in [0, 0.1) is 0 Å². The Morgan fingerprint density at radius 3 is 2.32 bits per heavy atom. The molecular formula is C28H28BrCl3N2O3. The summed E-state index contributed by atoms with van der Waals surface area (Å²) >= 11 is 22.0. The molecule has 3 rings (SSSR count). The number of nitrogens with one attached hydrogen (secondary N) is 1. The van der Waals surface area contributed by atoms with Gasteiger partial charge in [0, 0.05) is 23.5 Å². The predicted molar refractivity (Wildman–Crippen MR) is 153 cm³/mol. The van der Waals surface area contributed by atoms with Crippen LogP contribution in [0.15, 0.2) is 71.2 Å². The zero-order valence-electron chi connectivity index (χ0n) is 20.5. The molecule has 0 unspecified atom stereocenters. The first kappa shape index (κ1) is 29.3. The van der Waals surface area contributed by atoms with Gasteiger partial charge in [0.1, 0.15) is 11.8 Å². The van der Waals surface area contributed by atoms with Gasteiger partial charge in [-0.1, -0.05) is 94.1 Å². The summed E-state index contributed by atoms with van der Waals surface area (Å²) in [5.41, 5.74) is 1.66. The Labute approximate surface area is 241 Å². The fraction of sp³-hybridized carbons (Fsp3) is 0.286. The molecule has 1 N–H and O–H groups in total. The third kappa shape index (κ3) is 8.64. The second-order valence-electron chi connectivity index (χ2n) is 8.66. The minimum atomic E-state index is -0.789. The lowest BCUT2D eigenvalue weighted by Gasteiger charge is -2.32. The summed E-state index contributed by atoms with van der Waals surface area (Å²) in [6.07, 6.45) is 1.09.